The minimum atomic E-state index is 0.627. The minimum Gasteiger partial charge on any atom is -0.497 e. The van der Waals surface area contributed by atoms with Crippen LogP contribution < -0.4 is 4.74 Å². The summed E-state index contributed by atoms with van der Waals surface area (Å²) in [6.07, 6.45) is 6.62. The molecular formula is C15H20O2. The van der Waals surface area contributed by atoms with Crippen LogP contribution in [0, 0.1) is 5.92 Å². The van der Waals surface area contributed by atoms with Gasteiger partial charge in [-0.05, 0) is 55.2 Å². The molecule has 2 rings (SSSR count). The Balaban J connectivity index is 1.93. The zero-order valence-corrected chi connectivity index (χ0v) is 10.4. The Bertz CT molecular complexity index is 348. The van der Waals surface area contributed by atoms with E-state index in [0.717, 1.165) is 18.5 Å². The van der Waals surface area contributed by atoms with Crippen molar-refractivity contribution in [2.45, 2.75) is 38.0 Å². The molecule has 0 amide bonds. The van der Waals surface area contributed by atoms with Crippen LogP contribution >= 0.6 is 0 Å². The predicted octanol–water partition coefficient (Wildman–Crippen LogP) is 3.56. The maximum Gasteiger partial charge on any atom is 0.120 e. The van der Waals surface area contributed by atoms with Crippen molar-refractivity contribution in [1.29, 1.82) is 0 Å². The van der Waals surface area contributed by atoms with E-state index < -0.39 is 0 Å². The van der Waals surface area contributed by atoms with E-state index in [-0.39, 0.29) is 0 Å². The molecule has 0 N–H and O–H groups in total. The van der Waals surface area contributed by atoms with Gasteiger partial charge in [0.2, 0.25) is 0 Å². The van der Waals surface area contributed by atoms with Crippen molar-refractivity contribution < 1.29 is 9.53 Å². The lowest BCUT2D eigenvalue weighted by atomic mass is 9.78. The molecule has 0 spiro atoms. The van der Waals surface area contributed by atoms with Gasteiger partial charge in [-0.3, -0.25) is 0 Å². The van der Waals surface area contributed by atoms with E-state index in [4.69, 9.17) is 4.74 Å². The molecule has 0 aromatic heterocycles. The first kappa shape index (κ1) is 12.2. The van der Waals surface area contributed by atoms with Crippen molar-refractivity contribution in [2.75, 3.05) is 7.11 Å². The summed E-state index contributed by atoms with van der Waals surface area (Å²) in [5.74, 6) is 2.22. The molecule has 1 fully saturated rings. The lowest BCUT2D eigenvalue weighted by molar-refractivity contribution is -0.108. The van der Waals surface area contributed by atoms with Crippen LogP contribution in [0.15, 0.2) is 24.3 Å². The lowest BCUT2D eigenvalue weighted by Crippen LogP contribution is -2.13. The van der Waals surface area contributed by atoms with Gasteiger partial charge in [-0.25, -0.2) is 0 Å². The average Bonchev–Trinajstić information content (AvgIpc) is 2.40. The number of rotatable bonds is 4. The largest absolute Gasteiger partial charge is 0.497 e. The van der Waals surface area contributed by atoms with Crippen molar-refractivity contribution >= 4 is 6.29 Å². The third-order valence-corrected chi connectivity index (χ3v) is 3.86. The zero-order valence-electron chi connectivity index (χ0n) is 10.4. The van der Waals surface area contributed by atoms with Crippen LogP contribution in [-0.4, -0.2) is 13.4 Å². The van der Waals surface area contributed by atoms with Crippen LogP contribution in [0.2, 0.25) is 0 Å². The summed E-state index contributed by atoms with van der Waals surface area (Å²) < 4.78 is 5.17. The molecule has 2 heteroatoms. The van der Waals surface area contributed by atoms with Gasteiger partial charge < -0.3 is 9.53 Å². The van der Waals surface area contributed by atoms with Crippen LogP contribution in [0.25, 0.3) is 0 Å². The van der Waals surface area contributed by atoms with Crippen LogP contribution in [0.4, 0.5) is 0 Å². The van der Waals surface area contributed by atoms with Gasteiger partial charge in [-0.1, -0.05) is 12.1 Å². The molecule has 0 heterocycles. The second-order valence-electron chi connectivity index (χ2n) is 4.89. The van der Waals surface area contributed by atoms with E-state index in [2.05, 4.69) is 12.1 Å². The molecule has 0 aliphatic heterocycles. The van der Waals surface area contributed by atoms with Crippen LogP contribution in [0.5, 0.6) is 5.75 Å². The maximum atomic E-state index is 10.5. The van der Waals surface area contributed by atoms with E-state index in [1.54, 1.807) is 7.11 Å². The summed E-state index contributed by atoms with van der Waals surface area (Å²) >= 11 is 0. The molecular weight excluding hydrogens is 212 g/mol. The van der Waals surface area contributed by atoms with Crippen molar-refractivity contribution in [3.8, 4) is 5.75 Å². The van der Waals surface area contributed by atoms with Gasteiger partial charge in [-0.15, -0.1) is 0 Å². The Hall–Kier alpha value is -1.31. The monoisotopic (exact) mass is 232 g/mol. The molecule has 1 saturated carbocycles. The number of ether oxygens (including phenoxy) is 1. The van der Waals surface area contributed by atoms with Crippen molar-refractivity contribution in [3.05, 3.63) is 29.8 Å². The van der Waals surface area contributed by atoms with Gasteiger partial charge in [0.1, 0.15) is 12.0 Å². The van der Waals surface area contributed by atoms with Crippen molar-refractivity contribution in [3.63, 3.8) is 0 Å². The number of benzene rings is 1. The molecule has 0 unspecified atom stereocenters. The number of aldehydes is 1. The SMILES string of the molecule is COc1ccc(C2CCC(CC=O)CC2)cc1. The molecule has 17 heavy (non-hydrogen) atoms. The van der Waals surface area contributed by atoms with Crippen LogP contribution in [0.3, 0.4) is 0 Å². The molecule has 0 saturated heterocycles. The van der Waals surface area contributed by atoms with E-state index in [9.17, 15) is 4.79 Å². The maximum absolute atomic E-state index is 10.5. The Morgan fingerprint density at radius 1 is 1.18 bits per heavy atom. The highest BCUT2D eigenvalue weighted by Crippen LogP contribution is 2.37. The average molecular weight is 232 g/mol. The summed E-state index contributed by atoms with van der Waals surface area (Å²) in [4.78, 5) is 10.5. The standard InChI is InChI=1S/C15H20O2/c1-17-15-8-6-14(7-9-15)13-4-2-12(3-5-13)10-11-16/h6-9,11-13H,2-5,10H2,1H3. The van der Waals surface area contributed by atoms with E-state index in [0.29, 0.717) is 11.8 Å². The second kappa shape index (κ2) is 5.85. The van der Waals surface area contributed by atoms with Gasteiger partial charge in [0.05, 0.1) is 7.11 Å². The van der Waals surface area contributed by atoms with Crippen molar-refractivity contribution in [1.82, 2.24) is 0 Å². The Morgan fingerprint density at radius 2 is 1.82 bits per heavy atom. The lowest BCUT2D eigenvalue weighted by Gasteiger charge is -2.27. The molecule has 1 aliphatic carbocycles. The molecule has 0 atom stereocenters. The predicted molar refractivity (Wildman–Crippen MR) is 68.4 cm³/mol. The van der Waals surface area contributed by atoms with Crippen molar-refractivity contribution in [2.24, 2.45) is 5.92 Å². The van der Waals surface area contributed by atoms with Gasteiger partial charge in [0.25, 0.3) is 0 Å². The third-order valence-electron chi connectivity index (χ3n) is 3.86. The minimum absolute atomic E-state index is 0.627. The van der Waals surface area contributed by atoms with E-state index in [1.807, 2.05) is 12.1 Å². The summed E-state index contributed by atoms with van der Waals surface area (Å²) in [7, 11) is 1.69. The first-order valence-corrected chi connectivity index (χ1v) is 6.41. The smallest absolute Gasteiger partial charge is 0.120 e. The summed E-state index contributed by atoms with van der Waals surface area (Å²) in [6, 6.07) is 8.41. The Kier molecular flexibility index (Phi) is 4.18. The highest BCUT2D eigenvalue weighted by molar-refractivity contribution is 5.49. The first-order chi connectivity index (χ1) is 8.33. The quantitative estimate of drug-likeness (QED) is 0.742. The van der Waals surface area contributed by atoms with E-state index >= 15 is 0 Å². The number of hydrogen-bond donors (Lipinski definition) is 0. The molecule has 0 bridgehead atoms. The summed E-state index contributed by atoms with van der Waals surface area (Å²) in [5, 5.41) is 0. The molecule has 1 aromatic carbocycles. The summed E-state index contributed by atoms with van der Waals surface area (Å²) in [6.45, 7) is 0. The van der Waals surface area contributed by atoms with E-state index in [1.165, 1.54) is 31.2 Å². The number of carbonyl (C=O) groups excluding carboxylic acids is 1. The normalized spacial score (nSPS) is 24.3. The molecule has 1 aromatic rings. The van der Waals surface area contributed by atoms with Crippen LogP contribution in [-0.2, 0) is 4.79 Å². The van der Waals surface area contributed by atoms with Gasteiger partial charge >= 0.3 is 0 Å². The zero-order chi connectivity index (χ0) is 12.1. The fourth-order valence-electron chi connectivity index (χ4n) is 2.74. The Morgan fingerprint density at radius 3 is 2.35 bits per heavy atom. The number of methoxy groups -OCH3 is 1. The van der Waals surface area contributed by atoms with Gasteiger partial charge in [0.15, 0.2) is 0 Å². The highest BCUT2D eigenvalue weighted by Gasteiger charge is 2.21. The third kappa shape index (κ3) is 3.09. The van der Waals surface area contributed by atoms with Gasteiger partial charge in [-0.2, -0.15) is 0 Å². The highest BCUT2D eigenvalue weighted by atomic mass is 16.5. The topological polar surface area (TPSA) is 26.3 Å². The molecule has 92 valence electrons. The summed E-state index contributed by atoms with van der Waals surface area (Å²) in [5.41, 5.74) is 1.41. The number of hydrogen-bond acceptors (Lipinski definition) is 2. The fourth-order valence-corrected chi connectivity index (χ4v) is 2.74. The second-order valence-corrected chi connectivity index (χ2v) is 4.89. The fraction of sp³-hybridized carbons (Fsp3) is 0.533. The molecule has 2 nitrogen and oxygen atoms in total. The Labute approximate surface area is 103 Å². The molecule has 1 aliphatic rings. The van der Waals surface area contributed by atoms with Gasteiger partial charge in [0, 0.05) is 6.42 Å². The number of carbonyl (C=O) groups is 1. The first-order valence-electron chi connectivity index (χ1n) is 6.41. The van der Waals surface area contributed by atoms with Crippen LogP contribution in [0.1, 0.15) is 43.6 Å². The molecule has 0 radical (unpaired) electrons.